The number of hydrogen-bond donors (Lipinski definition) is 3. The molecule has 1 aliphatic rings. The van der Waals surface area contributed by atoms with E-state index >= 15 is 0 Å². The zero-order chi connectivity index (χ0) is 12.3. The summed E-state index contributed by atoms with van der Waals surface area (Å²) in [6, 6.07) is 3.61. The maximum absolute atomic E-state index is 9.62. The second kappa shape index (κ2) is 5.01. The van der Waals surface area contributed by atoms with Gasteiger partial charge in [-0.25, -0.2) is 0 Å². The first kappa shape index (κ1) is 11.7. The Morgan fingerprint density at radius 1 is 1.59 bits per heavy atom. The third kappa shape index (κ3) is 2.65. The van der Waals surface area contributed by atoms with Crippen molar-refractivity contribution in [2.24, 2.45) is 10.9 Å². The largest absolute Gasteiger partial charge is 0.409 e. The number of oxime groups is 1. The Morgan fingerprint density at radius 2 is 2.41 bits per heavy atom. The van der Waals surface area contributed by atoms with Gasteiger partial charge in [0.2, 0.25) is 0 Å². The zero-order valence-electron chi connectivity index (χ0n) is 9.45. The number of rotatable bonds is 2. The smallest absolute Gasteiger partial charge is 0.188 e. The SMILES string of the molecule is NC(=NO)c1cc(N2CCCC(O)C2)ccn1. The summed E-state index contributed by atoms with van der Waals surface area (Å²) in [5, 5.41) is 21.1. The number of β-amino-alcohol motifs (C(OH)–C–C–N with tert-alkyl or cyclic N) is 1. The summed E-state index contributed by atoms with van der Waals surface area (Å²) in [4.78, 5) is 6.09. The van der Waals surface area contributed by atoms with Gasteiger partial charge in [0, 0.05) is 25.0 Å². The molecule has 92 valence electrons. The van der Waals surface area contributed by atoms with E-state index in [2.05, 4.69) is 15.0 Å². The topological polar surface area (TPSA) is 95.0 Å². The Labute approximate surface area is 99.4 Å². The number of nitrogens with two attached hydrogens (primary N) is 1. The highest BCUT2D eigenvalue weighted by Crippen LogP contribution is 2.20. The van der Waals surface area contributed by atoms with E-state index in [1.54, 1.807) is 12.3 Å². The minimum Gasteiger partial charge on any atom is -0.409 e. The van der Waals surface area contributed by atoms with E-state index in [0.29, 0.717) is 12.2 Å². The van der Waals surface area contributed by atoms with E-state index in [1.165, 1.54) is 0 Å². The molecule has 6 heteroatoms. The van der Waals surface area contributed by atoms with Crippen molar-refractivity contribution in [3.05, 3.63) is 24.0 Å². The molecule has 0 radical (unpaired) electrons. The summed E-state index contributed by atoms with van der Waals surface area (Å²) in [6.07, 6.45) is 3.13. The zero-order valence-corrected chi connectivity index (χ0v) is 9.45. The second-order valence-corrected chi connectivity index (χ2v) is 4.13. The lowest BCUT2D eigenvalue weighted by atomic mass is 10.1. The van der Waals surface area contributed by atoms with E-state index in [4.69, 9.17) is 10.9 Å². The van der Waals surface area contributed by atoms with Gasteiger partial charge in [0.1, 0.15) is 5.69 Å². The molecule has 0 aromatic carbocycles. The molecule has 2 heterocycles. The molecule has 0 amide bonds. The average Bonchev–Trinajstić information content (AvgIpc) is 2.38. The van der Waals surface area contributed by atoms with Crippen LogP contribution in [0.1, 0.15) is 18.5 Å². The first-order chi connectivity index (χ1) is 8.20. The summed E-state index contributed by atoms with van der Waals surface area (Å²) in [5.74, 6) is -0.00981. The van der Waals surface area contributed by atoms with Gasteiger partial charge in [-0.05, 0) is 25.0 Å². The number of anilines is 1. The van der Waals surface area contributed by atoms with Gasteiger partial charge in [-0.1, -0.05) is 5.16 Å². The van der Waals surface area contributed by atoms with Crippen molar-refractivity contribution in [1.82, 2.24) is 4.98 Å². The lowest BCUT2D eigenvalue weighted by Crippen LogP contribution is -2.38. The molecule has 1 saturated heterocycles. The van der Waals surface area contributed by atoms with E-state index in [1.807, 2.05) is 6.07 Å². The molecule has 17 heavy (non-hydrogen) atoms. The van der Waals surface area contributed by atoms with Crippen molar-refractivity contribution >= 4 is 11.5 Å². The average molecular weight is 236 g/mol. The number of nitrogens with zero attached hydrogens (tertiary/aromatic N) is 3. The lowest BCUT2D eigenvalue weighted by molar-refractivity contribution is 0.154. The van der Waals surface area contributed by atoms with Crippen molar-refractivity contribution in [2.75, 3.05) is 18.0 Å². The van der Waals surface area contributed by atoms with Crippen LogP contribution in [0.15, 0.2) is 23.5 Å². The fraction of sp³-hybridized carbons (Fsp3) is 0.455. The number of piperidine rings is 1. The van der Waals surface area contributed by atoms with E-state index in [9.17, 15) is 5.11 Å². The fourth-order valence-electron chi connectivity index (χ4n) is 2.00. The van der Waals surface area contributed by atoms with Crippen molar-refractivity contribution in [3.63, 3.8) is 0 Å². The summed E-state index contributed by atoms with van der Waals surface area (Å²) < 4.78 is 0. The van der Waals surface area contributed by atoms with Crippen LogP contribution in [0, 0.1) is 0 Å². The Kier molecular flexibility index (Phi) is 3.43. The molecule has 0 spiro atoms. The first-order valence-electron chi connectivity index (χ1n) is 5.57. The van der Waals surface area contributed by atoms with Gasteiger partial charge in [-0.15, -0.1) is 0 Å². The quantitative estimate of drug-likeness (QED) is 0.294. The van der Waals surface area contributed by atoms with Crippen LogP contribution in [-0.2, 0) is 0 Å². The van der Waals surface area contributed by atoms with Gasteiger partial charge < -0.3 is 20.9 Å². The van der Waals surface area contributed by atoms with Crippen molar-refractivity contribution in [3.8, 4) is 0 Å². The Bertz CT molecular complexity index is 422. The van der Waals surface area contributed by atoms with Crippen LogP contribution in [0.25, 0.3) is 0 Å². The van der Waals surface area contributed by atoms with Gasteiger partial charge in [-0.3, -0.25) is 4.98 Å². The van der Waals surface area contributed by atoms with Crippen LogP contribution in [0.2, 0.25) is 0 Å². The molecule has 1 fully saturated rings. The van der Waals surface area contributed by atoms with Crippen LogP contribution in [0.4, 0.5) is 5.69 Å². The predicted octanol–water partition coefficient (Wildman–Crippen LogP) is 0.137. The van der Waals surface area contributed by atoms with E-state index in [-0.39, 0.29) is 11.9 Å². The van der Waals surface area contributed by atoms with Gasteiger partial charge in [0.15, 0.2) is 5.84 Å². The summed E-state index contributed by atoms with van der Waals surface area (Å²) in [6.45, 7) is 1.51. The molecular formula is C11H16N4O2. The number of pyridine rings is 1. The first-order valence-corrected chi connectivity index (χ1v) is 5.57. The van der Waals surface area contributed by atoms with Crippen LogP contribution in [0.3, 0.4) is 0 Å². The van der Waals surface area contributed by atoms with Crippen molar-refractivity contribution in [1.29, 1.82) is 0 Å². The predicted molar refractivity (Wildman–Crippen MR) is 64.2 cm³/mol. The van der Waals surface area contributed by atoms with Crippen LogP contribution in [0.5, 0.6) is 0 Å². The third-order valence-corrected chi connectivity index (χ3v) is 2.88. The minimum absolute atomic E-state index is 0.00981. The summed E-state index contributed by atoms with van der Waals surface area (Å²) in [7, 11) is 0. The van der Waals surface area contributed by atoms with Crippen molar-refractivity contribution in [2.45, 2.75) is 18.9 Å². The number of amidine groups is 1. The highest BCUT2D eigenvalue weighted by molar-refractivity contribution is 5.95. The molecule has 1 aliphatic heterocycles. The van der Waals surface area contributed by atoms with Crippen LogP contribution < -0.4 is 10.6 Å². The van der Waals surface area contributed by atoms with Gasteiger partial charge >= 0.3 is 0 Å². The van der Waals surface area contributed by atoms with Crippen molar-refractivity contribution < 1.29 is 10.3 Å². The molecule has 1 aromatic heterocycles. The van der Waals surface area contributed by atoms with E-state index < -0.39 is 0 Å². The van der Waals surface area contributed by atoms with Crippen LogP contribution in [-0.4, -0.2) is 40.3 Å². The molecule has 0 saturated carbocycles. The summed E-state index contributed by atoms with van der Waals surface area (Å²) >= 11 is 0. The third-order valence-electron chi connectivity index (χ3n) is 2.88. The Hall–Kier alpha value is -1.82. The Morgan fingerprint density at radius 3 is 3.12 bits per heavy atom. The molecule has 1 aromatic rings. The highest BCUT2D eigenvalue weighted by Gasteiger charge is 2.18. The molecular weight excluding hydrogens is 220 g/mol. The molecule has 0 bridgehead atoms. The number of aromatic nitrogens is 1. The van der Waals surface area contributed by atoms with Gasteiger partial charge in [0.25, 0.3) is 0 Å². The monoisotopic (exact) mass is 236 g/mol. The number of hydrogen-bond acceptors (Lipinski definition) is 5. The molecule has 6 nitrogen and oxygen atoms in total. The maximum atomic E-state index is 9.62. The minimum atomic E-state index is -0.288. The highest BCUT2D eigenvalue weighted by atomic mass is 16.4. The normalized spacial score (nSPS) is 21.6. The standard InChI is InChI=1S/C11H16N4O2/c12-11(14-17)10-6-8(3-4-13-10)15-5-1-2-9(16)7-15/h3-4,6,9,16-17H,1-2,5,7H2,(H2,12,14). The summed E-state index contributed by atoms with van der Waals surface area (Å²) in [5.41, 5.74) is 6.86. The number of aliphatic hydroxyl groups is 1. The van der Waals surface area contributed by atoms with Gasteiger partial charge in [-0.2, -0.15) is 0 Å². The molecule has 0 aliphatic carbocycles. The van der Waals surface area contributed by atoms with Crippen LogP contribution >= 0.6 is 0 Å². The van der Waals surface area contributed by atoms with Gasteiger partial charge in [0.05, 0.1) is 6.10 Å². The molecule has 1 unspecified atom stereocenters. The molecule has 1 atom stereocenters. The molecule has 2 rings (SSSR count). The van der Waals surface area contributed by atoms with E-state index in [0.717, 1.165) is 25.1 Å². The second-order valence-electron chi connectivity index (χ2n) is 4.13. The fourth-order valence-corrected chi connectivity index (χ4v) is 2.00. The Balaban J connectivity index is 2.21. The molecule has 4 N–H and O–H groups in total. The number of aliphatic hydroxyl groups excluding tert-OH is 1. The maximum Gasteiger partial charge on any atom is 0.188 e. The lowest BCUT2D eigenvalue weighted by Gasteiger charge is -2.32.